The molecule has 4 rings (SSSR count). The van der Waals surface area contributed by atoms with Gasteiger partial charge in [0, 0.05) is 23.6 Å². The summed E-state index contributed by atoms with van der Waals surface area (Å²) in [5.74, 6) is -3.06. The number of aliphatic carboxylic acids is 1. The molecule has 1 unspecified atom stereocenters. The minimum Gasteiger partial charge on any atom is -0.543 e. The van der Waals surface area contributed by atoms with Gasteiger partial charge in [-0.3, -0.25) is 19.3 Å². The molecule has 1 fully saturated rings. The van der Waals surface area contributed by atoms with Crippen LogP contribution in [0.15, 0.2) is 47.0 Å². The number of nitrogens with one attached hydrogen (secondary N) is 1. The Morgan fingerprint density at radius 1 is 1.31 bits per heavy atom. The fourth-order valence-electron chi connectivity index (χ4n) is 3.57. The van der Waals surface area contributed by atoms with E-state index in [1.807, 2.05) is 30.3 Å². The molecule has 2 aliphatic rings. The van der Waals surface area contributed by atoms with Crippen LogP contribution in [0.1, 0.15) is 18.2 Å². The second-order valence-corrected chi connectivity index (χ2v) is 9.42. The number of amides is 2. The number of thioether (sulfide) groups is 1. The molecular formula is C22H19N4NaO6S2. The molecule has 0 spiro atoms. The van der Waals surface area contributed by atoms with Crippen molar-refractivity contribution >= 4 is 63.6 Å². The van der Waals surface area contributed by atoms with Gasteiger partial charge in [0.1, 0.15) is 18.0 Å². The first kappa shape index (κ1) is 27.0. The number of carbonyl (C=O) groups excluding carboxylic acids is 4. The van der Waals surface area contributed by atoms with Gasteiger partial charge in [0.15, 0.2) is 5.13 Å². The van der Waals surface area contributed by atoms with E-state index < -0.39 is 35.2 Å². The van der Waals surface area contributed by atoms with Crippen LogP contribution in [0.3, 0.4) is 0 Å². The predicted octanol–water partition coefficient (Wildman–Crippen LogP) is -2.76. The first-order chi connectivity index (χ1) is 16.3. The van der Waals surface area contributed by atoms with E-state index in [2.05, 4.69) is 10.3 Å². The number of ether oxygens (including phenoxy) is 1. The maximum atomic E-state index is 13.2. The van der Waals surface area contributed by atoms with Crippen molar-refractivity contribution in [2.75, 3.05) is 18.1 Å². The molecule has 2 amide bonds. The fourth-order valence-corrected chi connectivity index (χ4v) is 5.46. The van der Waals surface area contributed by atoms with Crippen LogP contribution in [-0.4, -0.2) is 57.4 Å². The number of carboxylic acid groups (broad SMARTS) is 1. The van der Waals surface area contributed by atoms with Crippen LogP contribution in [0.2, 0.25) is 0 Å². The van der Waals surface area contributed by atoms with E-state index in [0.29, 0.717) is 10.8 Å². The number of aromatic nitrogens is 1. The fraction of sp³-hybridized carbons (Fsp3) is 0.227. The zero-order valence-corrected chi connectivity index (χ0v) is 22.5. The van der Waals surface area contributed by atoms with Gasteiger partial charge in [0.2, 0.25) is 0 Å². The molecule has 2 atom stereocenters. The van der Waals surface area contributed by atoms with E-state index in [0.717, 1.165) is 10.5 Å². The Bertz CT molecular complexity index is 1230. The number of nitrogens with zero attached hydrogens (tertiary/aromatic N) is 2. The largest absolute Gasteiger partial charge is 1.00 e. The van der Waals surface area contributed by atoms with Gasteiger partial charge in [-0.1, -0.05) is 30.3 Å². The molecule has 0 bridgehead atoms. The Labute approximate surface area is 230 Å². The standard InChI is InChI=1S/C22H20N4O6S2.Na/c1-11(27)32-8-13-9-33-20-16(19(29)26(20)17(13)21(30)31)25-18(28)14(15-10-34-22(23)24-15)7-12-5-3-2-4-6-12;/h2-7,10,16,20H,8-9H2,1H3,(H2,23,24)(H,25,28)(H,30,31);/q;+1/p-1/b14-7+;/t16?,20-;/m0./s1. The normalized spacial score (nSPS) is 19.3. The quantitative estimate of drug-likeness (QED) is 0.170. The molecular weight excluding hydrogens is 503 g/mol. The molecule has 1 aromatic heterocycles. The predicted molar refractivity (Wildman–Crippen MR) is 125 cm³/mol. The number of hydrogen-bond donors (Lipinski definition) is 2. The molecule has 3 N–H and O–H groups in total. The summed E-state index contributed by atoms with van der Waals surface area (Å²) < 4.78 is 4.90. The molecule has 0 saturated carbocycles. The van der Waals surface area contributed by atoms with Gasteiger partial charge < -0.3 is 25.7 Å². The Balaban J connectivity index is 0.00000342. The Kier molecular flexibility index (Phi) is 8.78. The molecule has 1 saturated heterocycles. The third-order valence-corrected chi connectivity index (χ3v) is 7.14. The monoisotopic (exact) mass is 522 g/mol. The number of nitrogen functional groups attached to an aromatic ring is 1. The zero-order chi connectivity index (χ0) is 24.4. The summed E-state index contributed by atoms with van der Waals surface area (Å²) in [7, 11) is 0. The molecule has 35 heavy (non-hydrogen) atoms. The maximum absolute atomic E-state index is 13.2. The van der Waals surface area contributed by atoms with Gasteiger partial charge in [-0.05, 0) is 11.6 Å². The average molecular weight is 523 g/mol. The van der Waals surface area contributed by atoms with Crippen molar-refractivity contribution in [3.63, 3.8) is 0 Å². The smallest absolute Gasteiger partial charge is 0.543 e. The second kappa shape index (κ2) is 11.4. The molecule has 3 heterocycles. The Morgan fingerprint density at radius 2 is 2.03 bits per heavy atom. The van der Waals surface area contributed by atoms with Crippen LogP contribution in [0, 0.1) is 0 Å². The first-order valence-electron chi connectivity index (χ1n) is 10.1. The number of thiazole rings is 1. The van der Waals surface area contributed by atoms with Crippen molar-refractivity contribution < 1.29 is 58.6 Å². The SMILES string of the molecule is CC(=O)OCC1=C(C(=O)[O-])N2C(=O)C(NC(=O)/C(=C/c3ccccc3)c3csc(N)n3)[C@@H]2SC1.[Na+]. The number of anilines is 1. The molecule has 0 aliphatic carbocycles. The molecule has 0 radical (unpaired) electrons. The maximum Gasteiger partial charge on any atom is 1.00 e. The first-order valence-corrected chi connectivity index (χ1v) is 12.0. The van der Waals surface area contributed by atoms with Crippen LogP contribution < -0.4 is 45.7 Å². The van der Waals surface area contributed by atoms with Crippen molar-refractivity contribution in [1.82, 2.24) is 15.2 Å². The number of fused-ring (bicyclic) bond motifs is 1. The number of β-lactam (4-membered cyclic amide) rings is 1. The van der Waals surface area contributed by atoms with Crippen LogP contribution in [-0.2, 0) is 23.9 Å². The number of nitrogens with two attached hydrogens (primary N) is 1. The van der Waals surface area contributed by atoms with Gasteiger partial charge in [0.25, 0.3) is 11.8 Å². The van der Waals surface area contributed by atoms with E-state index in [1.54, 1.807) is 11.5 Å². The van der Waals surface area contributed by atoms with E-state index in [4.69, 9.17) is 10.5 Å². The number of carboxylic acids is 1. The van der Waals surface area contributed by atoms with Gasteiger partial charge in [-0.15, -0.1) is 23.1 Å². The van der Waals surface area contributed by atoms with Crippen molar-refractivity contribution in [2.24, 2.45) is 0 Å². The third-order valence-electron chi connectivity index (χ3n) is 5.13. The molecule has 2 aliphatic heterocycles. The van der Waals surface area contributed by atoms with Crippen LogP contribution >= 0.6 is 23.1 Å². The van der Waals surface area contributed by atoms with Crippen LogP contribution in [0.5, 0.6) is 0 Å². The topological polar surface area (TPSA) is 155 Å². The molecule has 176 valence electrons. The molecule has 13 heteroatoms. The van der Waals surface area contributed by atoms with Gasteiger partial charge in [0.05, 0.1) is 22.9 Å². The molecule has 1 aromatic carbocycles. The van der Waals surface area contributed by atoms with Crippen molar-refractivity contribution in [3.05, 3.63) is 58.2 Å². The summed E-state index contributed by atoms with van der Waals surface area (Å²) in [5.41, 5.74) is 7.02. The van der Waals surface area contributed by atoms with E-state index in [-0.39, 0.29) is 58.8 Å². The summed E-state index contributed by atoms with van der Waals surface area (Å²) in [6.45, 7) is 0.948. The van der Waals surface area contributed by atoms with Crippen LogP contribution in [0.25, 0.3) is 11.6 Å². The van der Waals surface area contributed by atoms with Gasteiger partial charge in [-0.2, -0.15) is 0 Å². The number of carbonyl (C=O) groups is 4. The number of rotatable bonds is 7. The summed E-state index contributed by atoms with van der Waals surface area (Å²) in [4.78, 5) is 54.2. The minimum atomic E-state index is -1.55. The van der Waals surface area contributed by atoms with E-state index >= 15 is 0 Å². The summed E-state index contributed by atoms with van der Waals surface area (Å²) in [5, 5.41) is 15.7. The Morgan fingerprint density at radius 3 is 2.63 bits per heavy atom. The van der Waals surface area contributed by atoms with Crippen molar-refractivity contribution in [2.45, 2.75) is 18.3 Å². The second-order valence-electron chi connectivity index (χ2n) is 7.42. The summed E-state index contributed by atoms with van der Waals surface area (Å²) in [6, 6.07) is 8.18. The summed E-state index contributed by atoms with van der Waals surface area (Å²) >= 11 is 2.44. The summed E-state index contributed by atoms with van der Waals surface area (Å²) in [6.07, 6.45) is 1.64. The van der Waals surface area contributed by atoms with Crippen molar-refractivity contribution in [3.8, 4) is 0 Å². The minimum absolute atomic E-state index is 0. The molecule has 10 nitrogen and oxygen atoms in total. The van der Waals surface area contributed by atoms with Crippen LogP contribution in [0.4, 0.5) is 5.13 Å². The number of esters is 1. The van der Waals surface area contributed by atoms with Gasteiger partial charge in [-0.25, -0.2) is 4.98 Å². The zero-order valence-electron chi connectivity index (χ0n) is 18.8. The van der Waals surface area contributed by atoms with E-state index in [9.17, 15) is 24.3 Å². The van der Waals surface area contributed by atoms with E-state index in [1.165, 1.54) is 30.0 Å². The van der Waals surface area contributed by atoms with Crippen molar-refractivity contribution in [1.29, 1.82) is 0 Å². The number of hydrogen-bond acceptors (Lipinski definition) is 10. The third kappa shape index (κ3) is 5.78. The molecule has 2 aromatic rings. The Hall–Kier alpha value is -2.64. The average Bonchev–Trinajstić information content (AvgIpc) is 3.25. The number of benzene rings is 1. The van der Waals surface area contributed by atoms with Gasteiger partial charge >= 0.3 is 35.5 Å².